The number of fused-ring (bicyclic) bond motifs is 1. The second-order valence-electron chi connectivity index (χ2n) is 6.40. The second-order valence-corrected chi connectivity index (χ2v) is 6.40. The molecule has 2 aromatic rings. The van der Waals surface area contributed by atoms with Gasteiger partial charge < -0.3 is 10.3 Å². The van der Waals surface area contributed by atoms with E-state index in [-0.39, 0.29) is 0 Å². The molecule has 0 saturated heterocycles. The minimum atomic E-state index is 0.365. The van der Waals surface area contributed by atoms with Crippen molar-refractivity contribution < 1.29 is 0 Å². The number of aromatic amines is 1. The van der Waals surface area contributed by atoms with Gasteiger partial charge in [-0.25, -0.2) is 10.0 Å². The predicted octanol–water partition coefficient (Wildman–Crippen LogP) is 2.59. The zero-order valence-electron chi connectivity index (χ0n) is 14.4. The Bertz CT molecular complexity index is 728. The maximum absolute atomic E-state index is 4.72. The van der Waals surface area contributed by atoms with Crippen molar-refractivity contribution in [3.05, 3.63) is 41.1 Å². The van der Waals surface area contributed by atoms with Crippen LogP contribution < -0.4 is 10.3 Å². The molecule has 2 N–H and O–H groups in total. The number of benzene rings is 1. The van der Waals surface area contributed by atoms with E-state index in [0.717, 1.165) is 23.6 Å². The van der Waals surface area contributed by atoms with Crippen molar-refractivity contribution >= 4 is 17.3 Å². The Hall–Kier alpha value is -2.34. The Kier molecular flexibility index (Phi) is 4.09. The first-order valence-corrected chi connectivity index (χ1v) is 7.89. The van der Waals surface area contributed by atoms with Gasteiger partial charge in [0.25, 0.3) is 0 Å². The molecule has 0 radical (unpaired) electrons. The molecule has 1 aliphatic rings. The van der Waals surface area contributed by atoms with Gasteiger partial charge in [0.1, 0.15) is 0 Å². The van der Waals surface area contributed by atoms with E-state index in [1.807, 2.05) is 13.0 Å². The Morgan fingerprint density at radius 3 is 2.70 bits per heavy atom. The molecule has 0 atom stereocenters. The topological polar surface area (TPSA) is 59.6 Å². The minimum Gasteiger partial charge on any atom is -0.377 e. The molecule has 0 saturated carbocycles. The van der Waals surface area contributed by atoms with Gasteiger partial charge >= 0.3 is 0 Å². The van der Waals surface area contributed by atoms with Crippen molar-refractivity contribution in [1.82, 2.24) is 20.6 Å². The molecule has 0 aliphatic carbocycles. The zero-order chi connectivity index (χ0) is 16.6. The lowest BCUT2D eigenvalue weighted by Crippen LogP contribution is -2.50. The van der Waals surface area contributed by atoms with E-state index < -0.39 is 0 Å². The normalized spacial score (nSPS) is 16.5. The third-order valence-electron chi connectivity index (χ3n) is 4.01. The standard InChI is InChI=1S/C17H24N6/c1-11(2)23-10-14-13(7-6-8-15(14)22(4)5)17(21-23)18-16-9-12(3)19-20-16/h6-9,11H,10H2,1-5H3,(H2,18,19,20,21). The number of rotatable bonds is 3. The Morgan fingerprint density at radius 2 is 2.09 bits per heavy atom. The van der Waals surface area contributed by atoms with Crippen LogP contribution in [0.2, 0.25) is 0 Å². The van der Waals surface area contributed by atoms with Crippen LogP contribution in [0.25, 0.3) is 0 Å². The molecular weight excluding hydrogens is 288 g/mol. The van der Waals surface area contributed by atoms with Crippen molar-refractivity contribution in [3.63, 3.8) is 0 Å². The number of nitrogens with zero attached hydrogens (tertiary/aromatic N) is 4. The van der Waals surface area contributed by atoms with E-state index in [0.29, 0.717) is 11.9 Å². The molecule has 0 unspecified atom stereocenters. The van der Waals surface area contributed by atoms with E-state index in [1.165, 1.54) is 11.3 Å². The first-order valence-electron chi connectivity index (χ1n) is 7.89. The maximum Gasteiger partial charge on any atom is 0.175 e. The Balaban J connectivity index is 2.11. The molecule has 0 spiro atoms. The van der Waals surface area contributed by atoms with E-state index in [1.54, 1.807) is 0 Å². The average molecular weight is 312 g/mol. The lowest BCUT2D eigenvalue weighted by atomic mass is 10.0. The van der Waals surface area contributed by atoms with Crippen LogP contribution in [0.15, 0.2) is 29.3 Å². The van der Waals surface area contributed by atoms with Gasteiger partial charge in [0.05, 0.1) is 0 Å². The van der Waals surface area contributed by atoms with Crippen LogP contribution in [0.3, 0.4) is 0 Å². The fourth-order valence-corrected chi connectivity index (χ4v) is 2.76. The van der Waals surface area contributed by atoms with Crippen LogP contribution in [0.5, 0.6) is 0 Å². The van der Waals surface area contributed by atoms with E-state index in [4.69, 9.17) is 4.99 Å². The van der Waals surface area contributed by atoms with Crippen LogP contribution in [0, 0.1) is 6.92 Å². The molecule has 1 aliphatic heterocycles. The molecule has 1 aromatic carbocycles. The lowest BCUT2D eigenvalue weighted by molar-refractivity contribution is 0.170. The largest absolute Gasteiger partial charge is 0.377 e. The highest BCUT2D eigenvalue weighted by Crippen LogP contribution is 2.28. The van der Waals surface area contributed by atoms with E-state index >= 15 is 0 Å². The van der Waals surface area contributed by atoms with Gasteiger partial charge in [0, 0.05) is 55.3 Å². The minimum absolute atomic E-state index is 0.365. The highest BCUT2D eigenvalue weighted by Gasteiger charge is 2.25. The molecule has 122 valence electrons. The summed E-state index contributed by atoms with van der Waals surface area (Å²) in [6.45, 7) is 7.17. The van der Waals surface area contributed by atoms with E-state index in [9.17, 15) is 0 Å². The number of hydrogen-bond donors (Lipinski definition) is 2. The molecular formula is C17H24N6. The van der Waals surface area contributed by atoms with Crippen molar-refractivity contribution in [2.45, 2.75) is 33.4 Å². The molecule has 2 heterocycles. The zero-order valence-corrected chi connectivity index (χ0v) is 14.4. The molecule has 0 fully saturated rings. The van der Waals surface area contributed by atoms with Gasteiger partial charge in [-0.05, 0) is 26.8 Å². The highest BCUT2D eigenvalue weighted by atomic mass is 15.5. The number of aryl methyl sites for hydroxylation is 1. The number of H-pyrrole nitrogens is 1. The molecule has 23 heavy (non-hydrogen) atoms. The summed E-state index contributed by atoms with van der Waals surface area (Å²) in [6.07, 6.45) is 0. The third-order valence-corrected chi connectivity index (χ3v) is 4.01. The molecule has 6 heteroatoms. The van der Waals surface area contributed by atoms with Gasteiger partial charge in [-0.1, -0.05) is 12.1 Å². The molecule has 1 aromatic heterocycles. The fourth-order valence-electron chi connectivity index (χ4n) is 2.76. The molecule has 6 nitrogen and oxygen atoms in total. The molecule has 0 amide bonds. The van der Waals surface area contributed by atoms with Crippen LogP contribution in [0.4, 0.5) is 11.5 Å². The smallest absolute Gasteiger partial charge is 0.175 e. The summed E-state index contributed by atoms with van der Waals surface area (Å²) in [4.78, 5) is 6.87. The van der Waals surface area contributed by atoms with Crippen LogP contribution in [-0.4, -0.2) is 41.2 Å². The number of hydrazine groups is 1. The van der Waals surface area contributed by atoms with E-state index in [2.05, 4.69) is 71.7 Å². The number of hydrogen-bond acceptors (Lipinski definition) is 4. The Morgan fingerprint density at radius 1 is 1.30 bits per heavy atom. The quantitative estimate of drug-likeness (QED) is 0.914. The van der Waals surface area contributed by atoms with Crippen molar-refractivity contribution in [2.75, 3.05) is 19.0 Å². The monoisotopic (exact) mass is 312 g/mol. The molecule has 3 rings (SSSR count). The summed E-state index contributed by atoms with van der Waals surface area (Å²) in [5.41, 5.74) is 8.09. The van der Waals surface area contributed by atoms with Gasteiger partial charge in [0.15, 0.2) is 11.7 Å². The summed E-state index contributed by atoms with van der Waals surface area (Å²) < 4.78 is 0. The van der Waals surface area contributed by atoms with Crippen molar-refractivity contribution in [3.8, 4) is 0 Å². The van der Waals surface area contributed by atoms with Crippen LogP contribution in [-0.2, 0) is 6.54 Å². The first-order chi connectivity index (χ1) is 11.0. The number of nitrogens with one attached hydrogen (secondary N) is 2. The second kappa shape index (κ2) is 6.04. The number of anilines is 1. The predicted molar refractivity (Wildman–Crippen MR) is 94.1 cm³/mol. The maximum atomic E-state index is 4.72. The first kappa shape index (κ1) is 15.6. The SMILES string of the molecule is Cc1cc(N=C2NN(C(C)C)Cc3c2cccc3N(C)C)n[nH]1. The van der Waals surface area contributed by atoms with Gasteiger partial charge in [-0.2, -0.15) is 5.10 Å². The van der Waals surface area contributed by atoms with Gasteiger partial charge in [-0.15, -0.1) is 0 Å². The number of amidine groups is 1. The molecule has 0 bridgehead atoms. The fraction of sp³-hybridized carbons (Fsp3) is 0.412. The van der Waals surface area contributed by atoms with Gasteiger partial charge in [0.2, 0.25) is 0 Å². The van der Waals surface area contributed by atoms with Crippen LogP contribution in [0.1, 0.15) is 30.7 Å². The van der Waals surface area contributed by atoms with Crippen molar-refractivity contribution in [2.24, 2.45) is 4.99 Å². The summed E-state index contributed by atoms with van der Waals surface area (Å²) in [5.74, 6) is 1.53. The average Bonchev–Trinajstić information content (AvgIpc) is 2.91. The summed E-state index contributed by atoms with van der Waals surface area (Å²) >= 11 is 0. The number of aliphatic imine (C=N–C) groups is 1. The Labute approximate surface area is 137 Å². The summed E-state index contributed by atoms with van der Waals surface area (Å²) in [7, 11) is 4.15. The summed E-state index contributed by atoms with van der Waals surface area (Å²) in [5, 5.41) is 9.37. The highest BCUT2D eigenvalue weighted by molar-refractivity contribution is 6.03. The lowest BCUT2D eigenvalue weighted by Gasteiger charge is -2.36. The van der Waals surface area contributed by atoms with Crippen molar-refractivity contribution in [1.29, 1.82) is 0 Å². The van der Waals surface area contributed by atoms with Gasteiger partial charge in [-0.3, -0.25) is 5.10 Å². The third kappa shape index (κ3) is 3.07. The summed E-state index contributed by atoms with van der Waals surface area (Å²) in [6, 6.07) is 8.65. The number of aromatic nitrogens is 2. The van der Waals surface area contributed by atoms with Crippen LogP contribution >= 0.6 is 0 Å².